The van der Waals surface area contributed by atoms with E-state index in [1.807, 2.05) is 32.0 Å². The minimum atomic E-state index is -0.789. The molecule has 0 fully saturated rings. The maximum absolute atomic E-state index is 13.7. The fourth-order valence-electron chi connectivity index (χ4n) is 4.38. The van der Waals surface area contributed by atoms with Gasteiger partial charge in [0.25, 0.3) is 5.91 Å². The van der Waals surface area contributed by atoms with Gasteiger partial charge in [0.2, 0.25) is 5.91 Å². The number of nitrogens with zero attached hydrogens (tertiary/aromatic N) is 1. The summed E-state index contributed by atoms with van der Waals surface area (Å²) in [5.41, 5.74) is 4.33. The van der Waals surface area contributed by atoms with E-state index in [9.17, 15) is 14.9 Å². The van der Waals surface area contributed by atoms with Crippen LogP contribution in [0.3, 0.4) is 0 Å². The number of ether oxygens (including phenoxy) is 2. The number of methoxy groups -OCH3 is 2. The van der Waals surface area contributed by atoms with E-state index >= 15 is 0 Å². The number of aryl methyl sites for hydroxylation is 1. The number of nitriles is 1. The highest BCUT2D eigenvalue weighted by Gasteiger charge is 2.36. The van der Waals surface area contributed by atoms with Crippen molar-refractivity contribution in [2.75, 3.05) is 30.6 Å². The van der Waals surface area contributed by atoms with Gasteiger partial charge in [0.15, 0.2) is 0 Å². The van der Waals surface area contributed by atoms with Gasteiger partial charge in [0.1, 0.15) is 17.3 Å². The van der Waals surface area contributed by atoms with Crippen molar-refractivity contribution in [1.82, 2.24) is 5.32 Å². The molecule has 206 valence electrons. The monoisotopic (exact) mass is 558 g/mol. The van der Waals surface area contributed by atoms with Crippen molar-refractivity contribution in [2.24, 2.45) is 0 Å². The van der Waals surface area contributed by atoms with Gasteiger partial charge in [0, 0.05) is 17.5 Å². The smallest absolute Gasteiger partial charge is 0.254 e. The number of nitrogens with one attached hydrogen (secondary N) is 3. The van der Waals surface area contributed by atoms with Crippen LogP contribution in [0.25, 0.3) is 0 Å². The Hall–Kier alpha value is -4.62. The molecule has 0 spiro atoms. The first-order valence-corrected chi connectivity index (χ1v) is 13.4. The molecule has 0 bridgehead atoms. The molecule has 9 nitrogen and oxygen atoms in total. The van der Waals surface area contributed by atoms with Crippen molar-refractivity contribution in [3.63, 3.8) is 0 Å². The van der Waals surface area contributed by atoms with Crippen LogP contribution in [0.2, 0.25) is 0 Å². The summed E-state index contributed by atoms with van der Waals surface area (Å²) in [6, 6.07) is 16.5. The SMILES string of the molecule is COc1ccc(OC)c(NC(=O)C2=C(C)NC(SCC(=O)Nc3cccc(C)c3C)=C(C#N)[C@@H]2c2ccco2)c1. The molecule has 0 unspecified atom stereocenters. The summed E-state index contributed by atoms with van der Waals surface area (Å²) in [7, 11) is 3.04. The van der Waals surface area contributed by atoms with Gasteiger partial charge in [-0.05, 0) is 62.2 Å². The van der Waals surface area contributed by atoms with Crippen LogP contribution in [0.1, 0.15) is 29.7 Å². The number of furan rings is 1. The van der Waals surface area contributed by atoms with Gasteiger partial charge in [-0.2, -0.15) is 5.26 Å². The highest BCUT2D eigenvalue weighted by Crippen LogP contribution is 2.41. The first-order valence-electron chi connectivity index (χ1n) is 12.4. The van der Waals surface area contributed by atoms with Gasteiger partial charge in [-0.25, -0.2) is 0 Å². The molecule has 0 radical (unpaired) electrons. The quantitative estimate of drug-likeness (QED) is 0.309. The topological polar surface area (TPSA) is 126 Å². The van der Waals surface area contributed by atoms with Crippen molar-refractivity contribution in [3.05, 3.63) is 93.6 Å². The fourth-order valence-corrected chi connectivity index (χ4v) is 5.27. The molecule has 1 aliphatic heterocycles. The molecule has 1 aromatic heterocycles. The standard InChI is InChI=1S/C30H30N4O5S/c1-17-8-6-9-22(18(17)2)33-26(35)16-40-30-21(15-31)28(25-10-7-13-39-25)27(19(3)32-30)29(36)34-23-14-20(37-4)11-12-24(23)38-5/h6-14,28,32H,16H2,1-5H3,(H,33,35)(H,34,36)/t28-/m1/s1. The Labute approximate surface area is 237 Å². The van der Waals surface area contributed by atoms with Crippen LogP contribution < -0.4 is 25.4 Å². The highest BCUT2D eigenvalue weighted by atomic mass is 32.2. The molecule has 0 saturated heterocycles. The lowest BCUT2D eigenvalue weighted by molar-refractivity contribution is -0.114. The lowest BCUT2D eigenvalue weighted by atomic mass is 9.85. The number of allylic oxidation sites excluding steroid dienone is 2. The third-order valence-corrected chi connectivity index (χ3v) is 7.62. The van der Waals surface area contributed by atoms with Crippen molar-refractivity contribution in [2.45, 2.75) is 26.7 Å². The normalized spacial score (nSPS) is 14.8. The molecule has 4 rings (SSSR count). The number of thioether (sulfide) groups is 1. The first kappa shape index (κ1) is 28.4. The van der Waals surface area contributed by atoms with Gasteiger partial charge in [-0.15, -0.1) is 0 Å². The Bertz CT molecular complexity index is 1540. The molecule has 2 aromatic carbocycles. The second-order valence-electron chi connectivity index (χ2n) is 9.07. The largest absolute Gasteiger partial charge is 0.497 e. The average Bonchev–Trinajstić information content (AvgIpc) is 3.48. The Morgan fingerprint density at radius 3 is 2.52 bits per heavy atom. The molecular weight excluding hydrogens is 528 g/mol. The second-order valence-corrected chi connectivity index (χ2v) is 10.1. The van der Waals surface area contributed by atoms with Crippen molar-refractivity contribution >= 4 is 35.0 Å². The zero-order valence-corrected chi connectivity index (χ0v) is 23.7. The summed E-state index contributed by atoms with van der Waals surface area (Å²) < 4.78 is 16.4. The van der Waals surface area contributed by atoms with Crippen LogP contribution in [0, 0.1) is 25.2 Å². The van der Waals surface area contributed by atoms with Crippen LogP contribution in [0.4, 0.5) is 11.4 Å². The van der Waals surface area contributed by atoms with E-state index in [1.54, 1.807) is 37.3 Å². The minimum absolute atomic E-state index is 0.0571. The number of hydrogen-bond acceptors (Lipinski definition) is 8. The Morgan fingerprint density at radius 2 is 1.85 bits per heavy atom. The molecular formula is C30H30N4O5S. The zero-order valence-electron chi connectivity index (χ0n) is 22.9. The molecule has 0 aliphatic carbocycles. The average molecular weight is 559 g/mol. The summed E-state index contributed by atoms with van der Waals surface area (Å²) in [4.78, 5) is 26.5. The number of rotatable bonds is 9. The predicted octanol–water partition coefficient (Wildman–Crippen LogP) is 5.62. The Balaban J connectivity index is 1.61. The van der Waals surface area contributed by atoms with Crippen molar-refractivity contribution in [3.8, 4) is 17.6 Å². The Kier molecular flexibility index (Phi) is 8.86. The number of amides is 2. The minimum Gasteiger partial charge on any atom is -0.497 e. The number of anilines is 2. The number of hydrogen-bond donors (Lipinski definition) is 3. The summed E-state index contributed by atoms with van der Waals surface area (Å²) >= 11 is 1.19. The van der Waals surface area contributed by atoms with Gasteiger partial charge in [-0.3, -0.25) is 9.59 Å². The van der Waals surface area contributed by atoms with Gasteiger partial charge in [-0.1, -0.05) is 23.9 Å². The van der Waals surface area contributed by atoms with Crippen LogP contribution in [-0.4, -0.2) is 31.8 Å². The van der Waals surface area contributed by atoms with E-state index in [0.29, 0.717) is 39.2 Å². The highest BCUT2D eigenvalue weighted by molar-refractivity contribution is 8.03. The molecule has 2 heterocycles. The van der Waals surface area contributed by atoms with E-state index in [-0.39, 0.29) is 17.2 Å². The van der Waals surface area contributed by atoms with Crippen LogP contribution >= 0.6 is 11.8 Å². The van der Waals surface area contributed by atoms with Gasteiger partial charge in [0.05, 0.1) is 60.1 Å². The van der Waals surface area contributed by atoms with E-state index in [0.717, 1.165) is 16.8 Å². The first-order chi connectivity index (χ1) is 19.3. The van der Waals surface area contributed by atoms with Gasteiger partial charge >= 0.3 is 0 Å². The number of benzene rings is 2. The van der Waals surface area contributed by atoms with Gasteiger partial charge < -0.3 is 29.8 Å². The van der Waals surface area contributed by atoms with Crippen molar-refractivity contribution in [1.29, 1.82) is 5.26 Å². The van der Waals surface area contributed by atoms with E-state index < -0.39 is 11.8 Å². The summed E-state index contributed by atoms with van der Waals surface area (Å²) in [5.74, 6) is 0.0363. The maximum atomic E-state index is 13.7. The molecule has 3 N–H and O–H groups in total. The summed E-state index contributed by atoms with van der Waals surface area (Å²) in [5, 5.41) is 19.7. The van der Waals surface area contributed by atoms with Crippen LogP contribution in [-0.2, 0) is 9.59 Å². The summed E-state index contributed by atoms with van der Waals surface area (Å²) in [6.45, 7) is 5.68. The number of carbonyl (C=O) groups excluding carboxylic acids is 2. The number of dihydropyridines is 1. The summed E-state index contributed by atoms with van der Waals surface area (Å²) in [6.07, 6.45) is 1.49. The molecule has 1 atom stereocenters. The second kappa shape index (κ2) is 12.5. The Morgan fingerprint density at radius 1 is 1.05 bits per heavy atom. The van der Waals surface area contributed by atoms with Crippen LogP contribution in [0.15, 0.2) is 81.1 Å². The van der Waals surface area contributed by atoms with Crippen molar-refractivity contribution < 1.29 is 23.5 Å². The predicted molar refractivity (Wildman–Crippen MR) is 155 cm³/mol. The lowest BCUT2D eigenvalue weighted by Gasteiger charge is -2.28. The third kappa shape index (κ3) is 6.00. The van der Waals surface area contributed by atoms with Crippen LogP contribution in [0.5, 0.6) is 11.5 Å². The fraction of sp³-hybridized carbons (Fsp3) is 0.233. The molecule has 40 heavy (non-hydrogen) atoms. The molecule has 10 heteroatoms. The molecule has 0 saturated carbocycles. The molecule has 1 aliphatic rings. The number of carbonyl (C=O) groups is 2. The third-order valence-electron chi connectivity index (χ3n) is 6.60. The maximum Gasteiger partial charge on any atom is 0.254 e. The molecule has 2 amide bonds. The lowest BCUT2D eigenvalue weighted by Crippen LogP contribution is -2.31. The van der Waals surface area contributed by atoms with E-state index in [2.05, 4.69) is 22.0 Å². The van der Waals surface area contributed by atoms with E-state index in [1.165, 1.54) is 32.2 Å². The zero-order chi connectivity index (χ0) is 28.8. The van der Waals surface area contributed by atoms with E-state index in [4.69, 9.17) is 13.9 Å². The molecule has 3 aromatic rings.